The average Bonchev–Trinajstić information content (AvgIpc) is 2.89. The Labute approximate surface area is 121 Å². The molecule has 4 nitrogen and oxygen atoms in total. The molecule has 0 aliphatic carbocycles. The van der Waals surface area contributed by atoms with Crippen LogP contribution in [0.5, 0.6) is 0 Å². The van der Waals surface area contributed by atoms with Crippen LogP contribution in [-0.2, 0) is 16.3 Å². The summed E-state index contributed by atoms with van der Waals surface area (Å²) in [7, 11) is -3.47. The molecule has 0 spiro atoms. The molecular weight excluding hydrogens is 296 g/mol. The minimum Gasteiger partial charge on any atom is -0.478 e. The number of thiophene rings is 1. The maximum atomic E-state index is 12.2. The van der Waals surface area contributed by atoms with Crippen molar-refractivity contribution in [3.05, 3.63) is 51.7 Å². The van der Waals surface area contributed by atoms with Gasteiger partial charge in [0.25, 0.3) is 0 Å². The average molecular weight is 310 g/mol. The number of carboxylic acids is 1. The molecule has 0 unspecified atom stereocenters. The third kappa shape index (κ3) is 3.26. The van der Waals surface area contributed by atoms with Crippen molar-refractivity contribution in [3.8, 4) is 0 Å². The van der Waals surface area contributed by atoms with Crippen molar-refractivity contribution in [2.75, 3.05) is 5.75 Å². The number of hydrogen-bond donors (Lipinski definition) is 1. The van der Waals surface area contributed by atoms with E-state index in [4.69, 9.17) is 5.11 Å². The number of aryl methyl sites for hydroxylation is 2. The Morgan fingerprint density at radius 3 is 2.65 bits per heavy atom. The zero-order valence-corrected chi connectivity index (χ0v) is 12.5. The number of rotatable bonds is 5. The normalized spacial score (nSPS) is 11.4. The van der Waals surface area contributed by atoms with Crippen molar-refractivity contribution >= 4 is 27.1 Å². The van der Waals surface area contributed by atoms with Crippen LogP contribution in [0.3, 0.4) is 0 Å². The van der Waals surface area contributed by atoms with Gasteiger partial charge in [0.2, 0.25) is 0 Å². The summed E-state index contributed by atoms with van der Waals surface area (Å²) >= 11 is 1.51. The molecule has 0 saturated heterocycles. The summed E-state index contributed by atoms with van der Waals surface area (Å²) < 4.78 is 24.5. The fourth-order valence-corrected chi connectivity index (χ4v) is 3.97. The maximum Gasteiger partial charge on any atom is 0.335 e. The molecule has 2 aromatic rings. The first-order valence-corrected chi connectivity index (χ1v) is 8.52. The molecule has 0 saturated carbocycles. The Morgan fingerprint density at radius 1 is 1.30 bits per heavy atom. The van der Waals surface area contributed by atoms with Gasteiger partial charge in [0.1, 0.15) is 0 Å². The molecule has 0 aliphatic rings. The molecule has 2 rings (SSSR count). The SMILES string of the molecule is Cc1ccc(S(=O)(=O)CCc2cccs2)cc1C(=O)O. The van der Waals surface area contributed by atoms with E-state index >= 15 is 0 Å². The van der Waals surface area contributed by atoms with E-state index in [9.17, 15) is 13.2 Å². The lowest BCUT2D eigenvalue weighted by Crippen LogP contribution is -2.10. The van der Waals surface area contributed by atoms with Gasteiger partial charge in [0, 0.05) is 4.88 Å². The van der Waals surface area contributed by atoms with Crippen molar-refractivity contribution in [1.29, 1.82) is 0 Å². The van der Waals surface area contributed by atoms with Crippen LogP contribution in [0.15, 0.2) is 40.6 Å². The number of benzene rings is 1. The Bertz CT molecular complexity index is 716. The lowest BCUT2D eigenvalue weighted by atomic mass is 10.1. The summed E-state index contributed by atoms with van der Waals surface area (Å²) in [5.41, 5.74) is 0.580. The smallest absolute Gasteiger partial charge is 0.335 e. The van der Waals surface area contributed by atoms with E-state index in [2.05, 4.69) is 0 Å². The molecule has 1 aromatic heterocycles. The molecule has 1 aromatic carbocycles. The van der Waals surface area contributed by atoms with Crippen molar-refractivity contribution in [2.24, 2.45) is 0 Å². The molecule has 0 amide bonds. The third-order valence-electron chi connectivity index (χ3n) is 3.00. The third-order valence-corrected chi connectivity index (χ3v) is 5.65. The summed E-state index contributed by atoms with van der Waals surface area (Å²) in [6.45, 7) is 1.64. The monoisotopic (exact) mass is 310 g/mol. The summed E-state index contributed by atoms with van der Waals surface area (Å²) in [5, 5.41) is 10.9. The first-order chi connectivity index (χ1) is 9.40. The van der Waals surface area contributed by atoms with Gasteiger partial charge in [0.15, 0.2) is 9.84 Å². The van der Waals surface area contributed by atoms with E-state index < -0.39 is 15.8 Å². The zero-order valence-electron chi connectivity index (χ0n) is 10.9. The summed E-state index contributed by atoms with van der Waals surface area (Å²) in [6, 6.07) is 7.99. The van der Waals surface area contributed by atoms with Crippen LogP contribution in [0.2, 0.25) is 0 Å². The lowest BCUT2D eigenvalue weighted by molar-refractivity contribution is 0.0696. The van der Waals surface area contributed by atoms with Crippen molar-refractivity contribution < 1.29 is 18.3 Å². The molecule has 20 heavy (non-hydrogen) atoms. The number of carboxylic acid groups (broad SMARTS) is 1. The highest BCUT2D eigenvalue weighted by Gasteiger charge is 2.18. The fourth-order valence-electron chi connectivity index (χ4n) is 1.83. The highest BCUT2D eigenvalue weighted by atomic mass is 32.2. The molecule has 0 fully saturated rings. The first kappa shape index (κ1) is 14.7. The van der Waals surface area contributed by atoms with Gasteiger partial charge >= 0.3 is 5.97 Å². The van der Waals surface area contributed by atoms with Crippen LogP contribution < -0.4 is 0 Å². The summed E-state index contributed by atoms with van der Waals surface area (Å²) in [5.74, 6) is -1.13. The minimum absolute atomic E-state index is 0.0182. The Balaban J connectivity index is 2.25. The summed E-state index contributed by atoms with van der Waals surface area (Å²) in [6.07, 6.45) is 0.441. The van der Waals surface area contributed by atoms with E-state index in [0.717, 1.165) is 4.88 Å². The number of sulfone groups is 1. The Kier molecular flexibility index (Phi) is 4.25. The van der Waals surface area contributed by atoms with E-state index in [-0.39, 0.29) is 16.2 Å². The van der Waals surface area contributed by atoms with Crippen LogP contribution in [0.4, 0.5) is 0 Å². The van der Waals surface area contributed by atoms with Crippen molar-refractivity contribution in [3.63, 3.8) is 0 Å². The van der Waals surface area contributed by atoms with E-state index in [1.54, 1.807) is 6.92 Å². The molecular formula is C14H14O4S2. The molecule has 1 heterocycles. The fraction of sp³-hybridized carbons (Fsp3) is 0.214. The molecule has 106 valence electrons. The second kappa shape index (κ2) is 5.76. The highest BCUT2D eigenvalue weighted by molar-refractivity contribution is 7.91. The van der Waals surface area contributed by atoms with Gasteiger partial charge < -0.3 is 5.11 Å². The zero-order chi connectivity index (χ0) is 14.8. The van der Waals surface area contributed by atoms with E-state index in [0.29, 0.717) is 12.0 Å². The topological polar surface area (TPSA) is 71.4 Å². The van der Waals surface area contributed by atoms with Gasteiger partial charge in [-0.15, -0.1) is 11.3 Å². The predicted octanol–water partition coefficient (Wildman–Crippen LogP) is 2.77. The number of carbonyl (C=O) groups is 1. The molecule has 1 N–H and O–H groups in total. The van der Waals surface area contributed by atoms with Crippen molar-refractivity contribution in [2.45, 2.75) is 18.2 Å². The van der Waals surface area contributed by atoms with Crippen molar-refractivity contribution in [1.82, 2.24) is 0 Å². The second-order valence-corrected chi connectivity index (χ2v) is 7.57. The standard InChI is InChI=1S/C14H14O4S2/c1-10-4-5-12(9-13(10)14(15)16)20(17,18)8-6-11-3-2-7-19-11/h2-5,7,9H,6,8H2,1H3,(H,15,16). The predicted molar refractivity (Wildman–Crippen MR) is 78.2 cm³/mol. The quantitative estimate of drug-likeness (QED) is 0.921. The van der Waals surface area contributed by atoms with Crippen LogP contribution in [0.1, 0.15) is 20.8 Å². The van der Waals surface area contributed by atoms with Crippen LogP contribution in [0.25, 0.3) is 0 Å². The van der Waals surface area contributed by atoms with E-state index in [1.807, 2.05) is 17.5 Å². The van der Waals surface area contributed by atoms with Gasteiger partial charge in [0.05, 0.1) is 16.2 Å². The van der Waals surface area contributed by atoms with Crippen LogP contribution in [-0.4, -0.2) is 25.2 Å². The Hall–Kier alpha value is -1.66. The van der Waals surface area contributed by atoms with Crippen LogP contribution >= 0.6 is 11.3 Å². The first-order valence-electron chi connectivity index (χ1n) is 5.99. The minimum atomic E-state index is -3.47. The molecule has 6 heteroatoms. The summed E-state index contributed by atoms with van der Waals surface area (Å²) in [4.78, 5) is 12.1. The molecule has 0 bridgehead atoms. The van der Waals surface area contributed by atoms with Gasteiger partial charge in [-0.3, -0.25) is 0 Å². The Morgan fingerprint density at radius 2 is 2.05 bits per heavy atom. The number of hydrogen-bond acceptors (Lipinski definition) is 4. The molecule has 0 radical (unpaired) electrons. The number of aromatic carboxylic acids is 1. The van der Waals surface area contributed by atoms with Gasteiger partial charge in [-0.1, -0.05) is 12.1 Å². The van der Waals surface area contributed by atoms with E-state index in [1.165, 1.54) is 29.5 Å². The van der Waals surface area contributed by atoms with Gasteiger partial charge in [-0.25, -0.2) is 13.2 Å². The second-order valence-electron chi connectivity index (χ2n) is 4.43. The highest BCUT2D eigenvalue weighted by Crippen LogP contribution is 2.19. The van der Waals surface area contributed by atoms with Crippen LogP contribution in [0, 0.1) is 6.92 Å². The van der Waals surface area contributed by atoms with Gasteiger partial charge in [-0.2, -0.15) is 0 Å². The molecule has 0 atom stereocenters. The maximum absolute atomic E-state index is 12.2. The molecule has 0 aliphatic heterocycles. The van der Waals surface area contributed by atoms with Gasteiger partial charge in [-0.05, 0) is 42.5 Å². The lowest BCUT2D eigenvalue weighted by Gasteiger charge is -2.07. The largest absolute Gasteiger partial charge is 0.478 e.